The molecule has 0 radical (unpaired) electrons. The molecule has 0 spiro atoms. The van der Waals surface area contributed by atoms with Gasteiger partial charge in [0.2, 0.25) is 5.91 Å². The van der Waals surface area contributed by atoms with E-state index >= 15 is 0 Å². The molecular weight excluding hydrogens is 294 g/mol. The third kappa shape index (κ3) is 6.18. The molecule has 2 rings (SSSR count). The molecule has 23 heavy (non-hydrogen) atoms. The van der Waals surface area contributed by atoms with Crippen LogP contribution in [0.4, 0.5) is 4.79 Å². The Balaban J connectivity index is 1.74. The number of amides is 3. The maximum Gasteiger partial charge on any atom is 0.315 e. The maximum absolute atomic E-state index is 11.7. The number of carbonyl (C=O) groups is 2. The van der Waals surface area contributed by atoms with Crippen molar-refractivity contribution in [2.75, 3.05) is 26.7 Å². The molecule has 1 aromatic rings. The zero-order valence-electron chi connectivity index (χ0n) is 13.8. The second-order valence-electron chi connectivity index (χ2n) is 5.78. The van der Waals surface area contributed by atoms with Gasteiger partial charge in [-0.1, -0.05) is 12.1 Å². The minimum Gasteiger partial charge on any atom is -0.497 e. The second-order valence-corrected chi connectivity index (χ2v) is 5.78. The largest absolute Gasteiger partial charge is 0.497 e. The molecule has 0 atom stereocenters. The van der Waals surface area contributed by atoms with Crippen LogP contribution in [0.25, 0.3) is 0 Å². The van der Waals surface area contributed by atoms with Gasteiger partial charge in [0.25, 0.3) is 0 Å². The minimum absolute atomic E-state index is 0.0114. The predicted octanol–water partition coefficient (Wildman–Crippen LogP) is 1.55. The lowest BCUT2D eigenvalue weighted by Crippen LogP contribution is -2.42. The van der Waals surface area contributed by atoms with Crippen molar-refractivity contribution < 1.29 is 14.3 Å². The van der Waals surface area contributed by atoms with Gasteiger partial charge in [-0.05, 0) is 37.0 Å². The number of carbonyl (C=O) groups excluding carboxylic acids is 2. The summed E-state index contributed by atoms with van der Waals surface area (Å²) >= 11 is 0. The van der Waals surface area contributed by atoms with Crippen molar-refractivity contribution >= 4 is 11.9 Å². The summed E-state index contributed by atoms with van der Waals surface area (Å²) in [6.07, 6.45) is 2.88. The van der Waals surface area contributed by atoms with E-state index in [0.29, 0.717) is 25.7 Å². The molecule has 0 unspecified atom stereocenters. The first-order valence-electron chi connectivity index (χ1n) is 8.01. The fourth-order valence-corrected chi connectivity index (χ4v) is 2.29. The summed E-state index contributed by atoms with van der Waals surface area (Å²) < 4.78 is 5.20. The number of hydrogen-bond donors (Lipinski definition) is 2. The molecule has 126 valence electrons. The van der Waals surface area contributed by atoms with E-state index in [4.69, 9.17) is 4.74 Å². The lowest BCUT2D eigenvalue weighted by Gasteiger charge is -2.21. The zero-order chi connectivity index (χ0) is 16.7. The van der Waals surface area contributed by atoms with Gasteiger partial charge in [-0.3, -0.25) is 4.79 Å². The van der Waals surface area contributed by atoms with Gasteiger partial charge in [-0.15, -0.1) is 0 Å². The average molecular weight is 319 g/mol. The molecule has 0 saturated heterocycles. The van der Waals surface area contributed by atoms with Crippen molar-refractivity contribution in [3.05, 3.63) is 29.8 Å². The van der Waals surface area contributed by atoms with Gasteiger partial charge in [0.1, 0.15) is 5.75 Å². The quantitative estimate of drug-likeness (QED) is 0.764. The average Bonchev–Trinajstić information content (AvgIpc) is 3.34. The number of nitrogens with one attached hydrogen (secondary N) is 2. The number of urea groups is 1. The Bertz CT molecular complexity index is 544. The van der Waals surface area contributed by atoms with E-state index in [0.717, 1.165) is 30.6 Å². The molecule has 3 amide bonds. The molecule has 6 nitrogen and oxygen atoms in total. The fourth-order valence-electron chi connectivity index (χ4n) is 2.29. The highest BCUT2D eigenvalue weighted by molar-refractivity contribution is 5.75. The molecule has 0 bridgehead atoms. The van der Waals surface area contributed by atoms with Gasteiger partial charge in [0, 0.05) is 32.6 Å². The van der Waals surface area contributed by atoms with Crippen LogP contribution in [0, 0.1) is 0 Å². The van der Waals surface area contributed by atoms with E-state index in [1.165, 1.54) is 0 Å². The highest BCUT2D eigenvalue weighted by Gasteiger charge is 2.23. The Kier molecular flexibility index (Phi) is 6.26. The topological polar surface area (TPSA) is 70.7 Å². The van der Waals surface area contributed by atoms with Crippen LogP contribution in [0.5, 0.6) is 5.75 Å². The van der Waals surface area contributed by atoms with Gasteiger partial charge in [-0.25, -0.2) is 4.79 Å². The molecule has 0 aromatic heterocycles. The van der Waals surface area contributed by atoms with Crippen molar-refractivity contribution in [1.82, 2.24) is 15.5 Å². The number of rotatable bonds is 8. The third-order valence-corrected chi connectivity index (χ3v) is 3.83. The summed E-state index contributed by atoms with van der Waals surface area (Å²) in [6, 6.07) is 8.02. The molecule has 6 heteroatoms. The zero-order valence-corrected chi connectivity index (χ0v) is 13.8. The van der Waals surface area contributed by atoms with Crippen molar-refractivity contribution in [1.29, 1.82) is 0 Å². The highest BCUT2D eigenvalue weighted by Crippen LogP contribution is 2.18. The first kappa shape index (κ1) is 17.1. The first-order chi connectivity index (χ1) is 11.1. The van der Waals surface area contributed by atoms with E-state index in [1.54, 1.807) is 18.9 Å². The van der Waals surface area contributed by atoms with Gasteiger partial charge >= 0.3 is 6.03 Å². The van der Waals surface area contributed by atoms with Crippen molar-refractivity contribution in [3.8, 4) is 5.75 Å². The van der Waals surface area contributed by atoms with Crippen LogP contribution in [0.15, 0.2) is 24.3 Å². The molecule has 1 saturated carbocycles. The molecule has 1 aromatic carbocycles. The van der Waals surface area contributed by atoms with Gasteiger partial charge in [0.15, 0.2) is 0 Å². The van der Waals surface area contributed by atoms with Gasteiger partial charge in [0.05, 0.1) is 7.11 Å². The lowest BCUT2D eigenvalue weighted by atomic mass is 10.1. The number of methoxy groups -OCH3 is 1. The molecular formula is C17H25N3O3. The van der Waals surface area contributed by atoms with Crippen molar-refractivity contribution in [2.24, 2.45) is 0 Å². The summed E-state index contributed by atoms with van der Waals surface area (Å²) in [6.45, 7) is 3.14. The molecule has 2 N–H and O–H groups in total. The third-order valence-electron chi connectivity index (χ3n) is 3.83. The SMILES string of the molecule is COc1cccc(CCN(CCNC(=O)NC2CC2)C(C)=O)c1. The van der Waals surface area contributed by atoms with Crippen LogP contribution < -0.4 is 15.4 Å². The van der Waals surface area contributed by atoms with Gasteiger partial charge < -0.3 is 20.3 Å². The van der Waals surface area contributed by atoms with Crippen LogP contribution in [-0.4, -0.2) is 49.6 Å². The minimum atomic E-state index is -0.149. The Morgan fingerprint density at radius 3 is 2.74 bits per heavy atom. The van der Waals surface area contributed by atoms with E-state index in [9.17, 15) is 9.59 Å². The van der Waals surface area contributed by atoms with E-state index < -0.39 is 0 Å². The molecule has 0 heterocycles. The summed E-state index contributed by atoms with van der Waals surface area (Å²) in [5, 5.41) is 5.65. The number of benzene rings is 1. The molecule has 1 aliphatic carbocycles. The van der Waals surface area contributed by atoms with Crippen molar-refractivity contribution in [2.45, 2.75) is 32.2 Å². The smallest absolute Gasteiger partial charge is 0.315 e. The summed E-state index contributed by atoms with van der Waals surface area (Å²) in [5.74, 6) is 0.826. The highest BCUT2D eigenvalue weighted by atomic mass is 16.5. The predicted molar refractivity (Wildman–Crippen MR) is 88.5 cm³/mol. The second kappa shape index (κ2) is 8.41. The van der Waals surface area contributed by atoms with E-state index in [2.05, 4.69) is 10.6 Å². The Hall–Kier alpha value is -2.24. The van der Waals surface area contributed by atoms with E-state index in [-0.39, 0.29) is 11.9 Å². The van der Waals surface area contributed by atoms with Crippen LogP contribution in [0.2, 0.25) is 0 Å². The van der Waals surface area contributed by atoms with Crippen LogP contribution in [-0.2, 0) is 11.2 Å². The Morgan fingerprint density at radius 2 is 2.09 bits per heavy atom. The number of hydrogen-bond acceptors (Lipinski definition) is 3. The Labute approximate surface area is 137 Å². The molecule has 1 fully saturated rings. The van der Waals surface area contributed by atoms with Crippen LogP contribution in [0.3, 0.4) is 0 Å². The maximum atomic E-state index is 11.7. The molecule has 1 aliphatic rings. The number of nitrogens with zero attached hydrogens (tertiary/aromatic N) is 1. The van der Waals surface area contributed by atoms with Crippen LogP contribution >= 0.6 is 0 Å². The number of ether oxygens (including phenoxy) is 1. The Morgan fingerprint density at radius 1 is 1.30 bits per heavy atom. The summed E-state index contributed by atoms with van der Waals surface area (Å²) in [5.41, 5.74) is 1.12. The summed E-state index contributed by atoms with van der Waals surface area (Å²) in [7, 11) is 1.64. The summed E-state index contributed by atoms with van der Waals surface area (Å²) in [4.78, 5) is 25.0. The molecule has 0 aliphatic heterocycles. The van der Waals surface area contributed by atoms with Crippen molar-refractivity contribution in [3.63, 3.8) is 0 Å². The van der Waals surface area contributed by atoms with Gasteiger partial charge in [-0.2, -0.15) is 0 Å². The van der Waals surface area contributed by atoms with Crippen LogP contribution in [0.1, 0.15) is 25.3 Å². The standard InChI is InChI=1S/C17H25N3O3/c1-13(21)20(11-9-18-17(22)19-15-6-7-15)10-8-14-4-3-5-16(12-14)23-2/h3-5,12,15H,6-11H2,1-2H3,(H2,18,19,22). The fraction of sp³-hybridized carbons (Fsp3) is 0.529. The lowest BCUT2D eigenvalue weighted by molar-refractivity contribution is -0.128. The van der Waals surface area contributed by atoms with E-state index in [1.807, 2.05) is 24.3 Å². The normalized spacial score (nSPS) is 13.3. The first-order valence-corrected chi connectivity index (χ1v) is 8.01. The monoisotopic (exact) mass is 319 g/mol.